The van der Waals surface area contributed by atoms with Crippen molar-refractivity contribution in [2.75, 3.05) is 0 Å². The van der Waals surface area contributed by atoms with Crippen molar-refractivity contribution in [3.05, 3.63) is 34.6 Å². The highest BCUT2D eigenvalue weighted by molar-refractivity contribution is 5.94. The van der Waals surface area contributed by atoms with E-state index in [9.17, 15) is 14.7 Å². The Bertz CT molecular complexity index is 669. The molecule has 0 amide bonds. The molecule has 0 aromatic rings. The third-order valence-electron chi connectivity index (χ3n) is 5.50. The lowest BCUT2D eigenvalue weighted by atomic mass is 9.60. The molecular weight excluding hydrogens is 296 g/mol. The van der Waals surface area contributed by atoms with E-state index in [2.05, 4.69) is 6.92 Å². The second-order valence-corrected chi connectivity index (χ2v) is 6.81. The van der Waals surface area contributed by atoms with Crippen molar-refractivity contribution in [1.29, 1.82) is 0 Å². The maximum Gasteiger partial charge on any atom is 0.339 e. The molecule has 0 saturated heterocycles. The number of esters is 2. The fourth-order valence-corrected chi connectivity index (χ4v) is 3.60. The molecule has 5 nitrogen and oxygen atoms in total. The molecule has 0 aromatic carbocycles. The summed E-state index contributed by atoms with van der Waals surface area (Å²) in [7, 11) is 0. The molecule has 1 aliphatic heterocycles. The monoisotopic (exact) mass is 318 g/mol. The first-order chi connectivity index (χ1) is 10.8. The second kappa shape index (κ2) is 5.34. The fraction of sp³-hybridized carbons (Fsp3) is 0.556. The molecule has 124 valence electrons. The lowest BCUT2D eigenvalue weighted by molar-refractivity contribution is -0.155. The molecule has 0 spiro atoms. The summed E-state index contributed by atoms with van der Waals surface area (Å²) in [6.45, 7) is 7.52. The minimum absolute atomic E-state index is 0.119. The van der Waals surface area contributed by atoms with E-state index in [1.165, 1.54) is 0 Å². The lowest BCUT2D eigenvalue weighted by Crippen LogP contribution is -2.48. The van der Waals surface area contributed by atoms with Gasteiger partial charge in [-0.2, -0.15) is 0 Å². The van der Waals surface area contributed by atoms with Gasteiger partial charge in [0.25, 0.3) is 0 Å². The molecule has 23 heavy (non-hydrogen) atoms. The summed E-state index contributed by atoms with van der Waals surface area (Å²) in [5.74, 6) is -0.184. The van der Waals surface area contributed by atoms with Crippen LogP contribution in [0.3, 0.4) is 0 Å². The third kappa shape index (κ3) is 2.34. The van der Waals surface area contributed by atoms with Gasteiger partial charge in [0, 0.05) is 23.0 Å². The number of ether oxygens (including phenoxy) is 2. The number of carbonyl (C=O) groups excluding carboxylic acids is 2. The Kier molecular flexibility index (Phi) is 3.71. The molecule has 1 heterocycles. The molecule has 0 radical (unpaired) electrons. The maximum absolute atomic E-state index is 11.8. The van der Waals surface area contributed by atoms with Gasteiger partial charge in [-0.05, 0) is 37.0 Å². The first-order valence-corrected chi connectivity index (χ1v) is 8.01. The summed E-state index contributed by atoms with van der Waals surface area (Å²) in [4.78, 5) is 23.4. The summed E-state index contributed by atoms with van der Waals surface area (Å²) in [5, 5.41) is 10.6. The minimum atomic E-state index is -0.770. The van der Waals surface area contributed by atoms with Crippen LogP contribution in [0.15, 0.2) is 34.6 Å². The minimum Gasteiger partial charge on any atom is -0.455 e. The number of aliphatic hydroxyl groups is 1. The van der Waals surface area contributed by atoms with Gasteiger partial charge in [-0.25, -0.2) is 4.79 Å². The molecule has 0 aromatic heterocycles. The lowest BCUT2D eigenvalue weighted by Gasteiger charge is -2.47. The highest BCUT2D eigenvalue weighted by Crippen LogP contribution is 2.53. The van der Waals surface area contributed by atoms with Crippen LogP contribution in [-0.4, -0.2) is 29.3 Å². The van der Waals surface area contributed by atoms with Gasteiger partial charge in [0.15, 0.2) is 0 Å². The molecular formula is C18H22O5. The number of carbonyl (C=O) groups is 2. The average Bonchev–Trinajstić information content (AvgIpc) is 2.78. The SMILES string of the molecule is CCC(=O)O[C@H]1C=C2C=C3OC(=O)C(C)=C3C[C@]2(C)[C@@H](C)[C@H]1O. The van der Waals surface area contributed by atoms with E-state index in [4.69, 9.17) is 9.47 Å². The largest absolute Gasteiger partial charge is 0.455 e. The van der Waals surface area contributed by atoms with E-state index >= 15 is 0 Å². The first-order valence-electron chi connectivity index (χ1n) is 8.01. The fourth-order valence-electron chi connectivity index (χ4n) is 3.60. The Labute approximate surface area is 135 Å². The van der Waals surface area contributed by atoms with E-state index in [-0.39, 0.29) is 29.7 Å². The predicted molar refractivity (Wildman–Crippen MR) is 83.0 cm³/mol. The van der Waals surface area contributed by atoms with E-state index in [0.717, 1.165) is 11.1 Å². The maximum atomic E-state index is 11.8. The molecule has 0 unspecified atom stereocenters. The summed E-state index contributed by atoms with van der Waals surface area (Å²) in [6, 6.07) is 0. The van der Waals surface area contributed by atoms with Crippen molar-refractivity contribution < 1.29 is 24.2 Å². The summed E-state index contributed by atoms with van der Waals surface area (Å²) < 4.78 is 10.7. The van der Waals surface area contributed by atoms with Crippen molar-refractivity contribution in [3.63, 3.8) is 0 Å². The Morgan fingerprint density at radius 2 is 2.22 bits per heavy atom. The van der Waals surface area contributed by atoms with Gasteiger partial charge in [-0.1, -0.05) is 20.8 Å². The molecule has 4 atom stereocenters. The predicted octanol–water partition coefficient (Wildman–Crippen LogP) is 2.41. The quantitative estimate of drug-likeness (QED) is 0.792. The number of allylic oxidation sites excluding steroid dienone is 3. The van der Waals surface area contributed by atoms with E-state index < -0.39 is 12.2 Å². The smallest absolute Gasteiger partial charge is 0.339 e. The zero-order valence-corrected chi connectivity index (χ0v) is 13.9. The van der Waals surface area contributed by atoms with Crippen LogP contribution >= 0.6 is 0 Å². The first kappa shape index (κ1) is 16.0. The molecule has 0 saturated carbocycles. The van der Waals surface area contributed by atoms with Crippen LogP contribution < -0.4 is 0 Å². The Balaban J connectivity index is 2.04. The molecule has 0 fully saturated rings. The second-order valence-electron chi connectivity index (χ2n) is 6.81. The van der Waals surface area contributed by atoms with Crippen LogP contribution in [0.5, 0.6) is 0 Å². The van der Waals surface area contributed by atoms with Gasteiger partial charge in [0.05, 0.1) is 6.10 Å². The number of hydrogen-bond donors (Lipinski definition) is 1. The zero-order valence-electron chi connectivity index (χ0n) is 13.9. The molecule has 2 aliphatic carbocycles. The van der Waals surface area contributed by atoms with Crippen LogP contribution in [0.1, 0.15) is 40.5 Å². The molecule has 1 N–H and O–H groups in total. The van der Waals surface area contributed by atoms with E-state index in [1.807, 2.05) is 13.0 Å². The van der Waals surface area contributed by atoms with Crippen LogP contribution in [0.2, 0.25) is 0 Å². The van der Waals surface area contributed by atoms with E-state index in [0.29, 0.717) is 17.8 Å². The average molecular weight is 318 g/mol. The molecule has 0 bridgehead atoms. The van der Waals surface area contributed by atoms with Gasteiger partial charge in [0.2, 0.25) is 0 Å². The van der Waals surface area contributed by atoms with Gasteiger partial charge in [-0.15, -0.1) is 0 Å². The standard InChI is InChI=1S/C18H22O5/c1-5-15(19)22-14-7-11-6-13-12(9(2)17(21)23-13)8-18(11,4)10(3)16(14)20/h6-7,10,14,16,20H,5,8H2,1-4H3/t10-,14-,16+,18+/m0/s1. The van der Waals surface area contributed by atoms with Crippen molar-refractivity contribution in [1.82, 2.24) is 0 Å². The van der Waals surface area contributed by atoms with Crippen LogP contribution in [0.4, 0.5) is 0 Å². The number of fused-ring (bicyclic) bond motifs is 2. The summed E-state index contributed by atoms with van der Waals surface area (Å²) in [5.41, 5.74) is 2.18. The van der Waals surface area contributed by atoms with Crippen LogP contribution in [0.25, 0.3) is 0 Å². The van der Waals surface area contributed by atoms with E-state index in [1.54, 1.807) is 19.9 Å². The third-order valence-corrected chi connectivity index (χ3v) is 5.50. The van der Waals surface area contributed by atoms with Crippen molar-refractivity contribution >= 4 is 11.9 Å². The Hall–Kier alpha value is -1.88. The number of aliphatic hydroxyl groups excluding tert-OH is 1. The summed E-state index contributed by atoms with van der Waals surface area (Å²) >= 11 is 0. The van der Waals surface area contributed by atoms with Gasteiger partial charge < -0.3 is 14.6 Å². The normalized spacial score (nSPS) is 35.9. The van der Waals surface area contributed by atoms with Gasteiger partial charge >= 0.3 is 11.9 Å². The molecule has 3 aliphatic rings. The van der Waals surface area contributed by atoms with Gasteiger partial charge in [0.1, 0.15) is 11.9 Å². The Morgan fingerprint density at radius 1 is 1.52 bits per heavy atom. The Morgan fingerprint density at radius 3 is 2.87 bits per heavy atom. The molecule has 5 heteroatoms. The van der Waals surface area contributed by atoms with Crippen molar-refractivity contribution in [2.24, 2.45) is 11.3 Å². The van der Waals surface area contributed by atoms with Crippen LogP contribution in [0, 0.1) is 11.3 Å². The molecule has 3 rings (SSSR count). The summed E-state index contributed by atoms with van der Waals surface area (Å²) in [6.07, 6.45) is 3.11. The van der Waals surface area contributed by atoms with Crippen LogP contribution in [-0.2, 0) is 19.1 Å². The van der Waals surface area contributed by atoms with Gasteiger partial charge in [-0.3, -0.25) is 4.79 Å². The number of rotatable bonds is 2. The zero-order chi connectivity index (χ0) is 16.9. The van der Waals surface area contributed by atoms with Crippen molar-refractivity contribution in [2.45, 2.75) is 52.7 Å². The topological polar surface area (TPSA) is 72.8 Å². The number of hydrogen-bond acceptors (Lipinski definition) is 5. The highest BCUT2D eigenvalue weighted by Gasteiger charge is 2.49. The van der Waals surface area contributed by atoms with Crippen molar-refractivity contribution in [3.8, 4) is 0 Å². The highest BCUT2D eigenvalue weighted by atomic mass is 16.6.